The van der Waals surface area contributed by atoms with Crippen LogP contribution < -0.4 is 15.8 Å². The van der Waals surface area contributed by atoms with Crippen LogP contribution in [0.15, 0.2) is 47.4 Å². The Balaban J connectivity index is 1.48. The Morgan fingerprint density at radius 2 is 1.67 bits per heavy atom. The number of nitrogens with one attached hydrogen (secondary N) is 2. The normalized spacial score (nSPS) is 14.5. The maximum atomic E-state index is 12.2. The Morgan fingerprint density at radius 3 is 2.33 bits per heavy atom. The average molecular weight is 430 g/mol. The third-order valence-electron chi connectivity index (χ3n) is 5.38. The Morgan fingerprint density at radius 1 is 1.00 bits per heavy atom. The van der Waals surface area contributed by atoms with E-state index >= 15 is 0 Å². The lowest BCUT2D eigenvalue weighted by molar-refractivity contribution is -0.139. The lowest BCUT2D eigenvalue weighted by Gasteiger charge is -2.20. The number of sulfonamides is 1. The van der Waals surface area contributed by atoms with Gasteiger partial charge in [0, 0.05) is 6.54 Å². The van der Waals surface area contributed by atoms with Crippen LogP contribution in [0.2, 0.25) is 0 Å². The molecule has 8 heteroatoms. The summed E-state index contributed by atoms with van der Waals surface area (Å²) in [6.07, 6.45) is 5.02. The molecule has 7 nitrogen and oxygen atoms in total. The molecule has 0 bridgehead atoms. The smallest absolute Gasteiger partial charge is 0.309 e. The molecule has 1 atom stereocenters. The van der Waals surface area contributed by atoms with Crippen molar-refractivity contribution < 1.29 is 18.0 Å². The summed E-state index contributed by atoms with van der Waals surface area (Å²) >= 11 is 0. The van der Waals surface area contributed by atoms with Crippen LogP contribution in [0.1, 0.15) is 48.1 Å². The van der Waals surface area contributed by atoms with Crippen LogP contribution in [0.25, 0.3) is 0 Å². The number of amides is 2. The molecule has 0 spiro atoms. The third-order valence-corrected chi connectivity index (χ3v) is 6.31. The minimum Gasteiger partial charge on any atom is -0.348 e. The van der Waals surface area contributed by atoms with E-state index in [0.29, 0.717) is 6.42 Å². The third kappa shape index (κ3) is 5.67. The van der Waals surface area contributed by atoms with Crippen molar-refractivity contribution in [3.63, 3.8) is 0 Å². The average Bonchev–Trinajstić information content (AvgIpc) is 2.73. The fraction of sp³-hybridized carbons (Fsp3) is 0.364. The molecule has 160 valence electrons. The molecule has 1 unspecified atom stereocenters. The molecule has 0 aliphatic heterocycles. The Bertz CT molecular complexity index is 1030. The van der Waals surface area contributed by atoms with Gasteiger partial charge in [-0.2, -0.15) is 0 Å². The van der Waals surface area contributed by atoms with Gasteiger partial charge in [0.1, 0.15) is 0 Å². The van der Waals surface area contributed by atoms with Gasteiger partial charge in [-0.3, -0.25) is 9.59 Å². The summed E-state index contributed by atoms with van der Waals surface area (Å²) in [6, 6.07) is 12.1. The van der Waals surface area contributed by atoms with E-state index in [4.69, 9.17) is 5.14 Å². The summed E-state index contributed by atoms with van der Waals surface area (Å²) in [7, 11) is -3.73. The molecule has 0 aromatic heterocycles. The Hall–Kier alpha value is -2.71. The highest BCUT2D eigenvalue weighted by atomic mass is 32.2. The van der Waals surface area contributed by atoms with Gasteiger partial charge in [0.05, 0.1) is 10.9 Å². The second-order valence-electron chi connectivity index (χ2n) is 7.63. The number of primary sulfonamides is 1. The van der Waals surface area contributed by atoms with Crippen molar-refractivity contribution in [3.8, 4) is 0 Å². The fourth-order valence-electron chi connectivity index (χ4n) is 3.61. The summed E-state index contributed by atoms with van der Waals surface area (Å²) in [5.41, 5.74) is 4.52. The SMILES string of the molecule is CC(NC(=O)C(=O)NCCc1ccc(S(N)(=O)=O)cc1)c1ccc2c(c1)CCCC2. The zero-order valence-corrected chi connectivity index (χ0v) is 17.8. The highest BCUT2D eigenvalue weighted by molar-refractivity contribution is 7.89. The predicted octanol–water partition coefficient (Wildman–Crippen LogP) is 1.75. The molecule has 30 heavy (non-hydrogen) atoms. The Kier molecular flexibility index (Phi) is 6.89. The van der Waals surface area contributed by atoms with Crippen LogP contribution in [-0.2, 0) is 38.9 Å². The van der Waals surface area contributed by atoms with Gasteiger partial charge >= 0.3 is 11.8 Å². The summed E-state index contributed by atoms with van der Waals surface area (Å²) in [6.45, 7) is 2.12. The number of aryl methyl sites for hydroxylation is 2. The van der Waals surface area contributed by atoms with Gasteiger partial charge in [-0.15, -0.1) is 0 Å². The summed E-state index contributed by atoms with van der Waals surface area (Å²) in [5, 5.41) is 10.4. The largest absolute Gasteiger partial charge is 0.348 e. The van der Waals surface area contributed by atoms with Crippen LogP contribution in [0.5, 0.6) is 0 Å². The molecule has 3 rings (SSSR count). The molecule has 0 radical (unpaired) electrons. The number of hydrogen-bond acceptors (Lipinski definition) is 4. The number of hydrogen-bond donors (Lipinski definition) is 3. The van der Waals surface area contributed by atoms with E-state index in [-0.39, 0.29) is 17.5 Å². The number of fused-ring (bicyclic) bond motifs is 1. The molecule has 4 N–H and O–H groups in total. The molecule has 0 saturated carbocycles. The van der Waals surface area contributed by atoms with E-state index in [0.717, 1.165) is 24.0 Å². The predicted molar refractivity (Wildman–Crippen MR) is 114 cm³/mol. The standard InChI is InChI=1S/C22H27N3O4S/c1-15(18-9-8-17-4-2-3-5-19(17)14-18)25-22(27)21(26)24-13-12-16-6-10-20(11-7-16)30(23,28)29/h6-11,14-15H,2-5,12-13H2,1H3,(H,24,26)(H,25,27)(H2,23,28,29). The van der Waals surface area contributed by atoms with Crippen molar-refractivity contribution in [1.29, 1.82) is 0 Å². The highest BCUT2D eigenvalue weighted by Crippen LogP contribution is 2.24. The first-order valence-corrected chi connectivity index (χ1v) is 11.6. The fourth-order valence-corrected chi connectivity index (χ4v) is 4.13. The molecule has 1 aliphatic carbocycles. The van der Waals surface area contributed by atoms with Gasteiger partial charge in [-0.1, -0.05) is 30.3 Å². The van der Waals surface area contributed by atoms with E-state index in [1.807, 2.05) is 13.0 Å². The van der Waals surface area contributed by atoms with Gasteiger partial charge in [0.2, 0.25) is 10.0 Å². The van der Waals surface area contributed by atoms with E-state index in [2.05, 4.69) is 22.8 Å². The summed E-state index contributed by atoms with van der Waals surface area (Å²) in [5.74, 6) is -1.37. The topological polar surface area (TPSA) is 118 Å². The van der Waals surface area contributed by atoms with Crippen molar-refractivity contribution in [3.05, 3.63) is 64.7 Å². The quantitative estimate of drug-likeness (QED) is 0.606. The second kappa shape index (κ2) is 9.40. The van der Waals surface area contributed by atoms with Crippen LogP contribution in [0.4, 0.5) is 0 Å². The van der Waals surface area contributed by atoms with Crippen molar-refractivity contribution >= 4 is 21.8 Å². The minimum absolute atomic E-state index is 0.0332. The monoisotopic (exact) mass is 429 g/mol. The van der Waals surface area contributed by atoms with Crippen molar-refractivity contribution in [2.45, 2.75) is 50.0 Å². The van der Waals surface area contributed by atoms with E-state index < -0.39 is 21.8 Å². The Labute approximate surface area is 177 Å². The molecule has 1 aliphatic rings. The summed E-state index contributed by atoms with van der Waals surface area (Å²) < 4.78 is 22.5. The lowest BCUT2D eigenvalue weighted by atomic mass is 9.89. The highest BCUT2D eigenvalue weighted by Gasteiger charge is 2.18. The molecule has 2 aromatic rings. The second-order valence-corrected chi connectivity index (χ2v) is 9.19. The van der Waals surface area contributed by atoms with Gasteiger partial charge in [0.15, 0.2) is 0 Å². The van der Waals surface area contributed by atoms with Crippen molar-refractivity contribution in [1.82, 2.24) is 10.6 Å². The molecule has 0 heterocycles. The van der Waals surface area contributed by atoms with Crippen LogP contribution in [-0.4, -0.2) is 26.8 Å². The number of nitrogens with two attached hydrogens (primary N) is 1. The molecular weight excluding hydrogens is 402 g/mol. The minimum atomic E-state index is -3.73. The number of benzene rings is 2. The van der Waals surface area contributed by atoms with Gasteiger partial charge in [0.25, 0.3) is 0 Å². The van der Waals surface area contributed by atoms with Crippen LogP contribution in [0, 0.1) is 0 Å². The molecule has 2 amide bonds. The van der Waals surface area contributed by atoms with Crippen LogP contribution >= 0.6 is 0 Å². The summed E-state index contributed by atoms with van der Waals surface area (Å²) in [4.78, 5) is 24.3. The van der Waals surface area contributed by atoms with Gasteiger partial charge < -0.3 is 10.6 Å². The molecule has 0 saturated heterocycles. The van der Waals surface area contributed by atoms with Crippen molar-refractivity contribution in [2.24, 2.45) is 5.14 Å². The molecular formula is C22H27N3O4S. The maximum absolute atomic E-state index is 12.2. The maximum Gasteiger partial charge on any atom is 0.309 e. The van der Waals surface area contributed by atoms with Crippen molar-refractivity contribution in [2.75, 3.05) is 6.54 Å². The first kappa shape index (κ1) is 22.0. The van der Waals surface area contributed by atoms with E-state index in [1.54, 1.807) is 12.1 Å². The number of rotatable bonds is 6. The van der Waals surface area contributed by atoms with Gasteiger partial charge in [-0.25, -0.2) is 13.6 Å². The number of carbonyl (C=O) groups is 2. The number of carbonyl (C=O) groups excluding carboxylic acids is 2. The first-order chi connectivity index (χ1) is 14.2. The van der Waals surface area contributed by atoms with Crippen LogP contribution in [0.3, 0.4) is 0 Å². The lowest BCUT2D eigenvalue weighted by Crippen LogP contribution is -2.41. The zero-order chi connectivity index (χ0) is 21.7. The molecule has 2 aromatic carbocycles. The van der Waals surface area contributed by atoms with E-state index in [1.165, 1.54) is 36.1 Å². The zero-order valence-electron chi connectivity index (χ0n) is 17.0. The first-order valence-electron chi connectivity index (χ1n) is 10.1. The molecule has 0 fully saturated rings. The van der Waals surface area contributed by atoms with Gasteiger partial charge in [-0.05, 0) is 73.4 Å². The van der Waals surface area contributed by atoms with E-state index in [9.17, 15) is 18.0 Å².